The van der Waals surface area contributed by atoms with Crippen LogP contribution < -0.4 is 10.1 Å². The summed E-state index contributed by atoms with van der Waals surface area (Å²) in [5.74, 6) is 2.79. The van der Waals surface area contributed by atoms with Crippen molar-refractivity contribution in [3.05, 3.63) is 29.8 Å². The topological polar surface area (TPSA) is 38.3 Å². The maximum absolute atomic E-state index is 11.8. The third kappa shape index (κ3) is 3.22. The first-order chi connectivity index (χ1) is 10.2. The quantitative estimate of drug-likeness (QED) is 0.927. The van der Waals surface area contributed by atoms with Crippen molar-refractivity contribution in [2.45, 2.75) is 45.1 Å². The third-order valence-electron chi connectivity index (χ3n) is 5.21. The number of carbonyl (C=O) groups excluding carboxylic acids is 1. The molecule has 1 aromatic carbocycles. The van der Waals surface area contributed by atoms with Crippen LogP contribution in [0.25, 0.3) is 0 Å². The smallest absolute Gasteiger partial charge is 0.223 e. The molecule has 0 spiro atoms. The molecule has 0 bridgehead atoms. The molecule has 1 amide bonds. The van der Waals surface area contributed by atoms with Gasteiger partial charge in [0.1, 0.15) is 5.75 Å². The van der Waals surface area contributed by atoms with E-state index in [1.54, 1.807) is 7.11 Å². The normalized spacial score (nSPS) is 32.2. The van der Waals surface area contributed by atoms with Gasteiger partial charge in [-0.25, -0.2) is 0 Å². The molecule has 3 nitrogen and oxygen atoms in total. The molecule has 2 fully saturated rings. The molecule has 1 saturated carbocycles. The molecule has 1 saturated heterocycles. The summed E-state index contributed by atoms with van der Waals surface area (Å²) in [6.07, 6.45) is 5.83. The minimum absolute atomic E-state index is 0.186. The van der Waals surface area contributed by atoms with Gasteiger partial charge in [-0.05, 0) is 61.6 Å². The van der Waals surface area contributed by atoms with Gasteiger partial charge in [-0.1, -0.05) is 19.1 Å². The van der Waals surface area contributed by atoms with Crippen molar-refractivity contribution in [2.24, 2.45) is 17.8 Å². The number of ether oxygens (including phenoxy) is 1. The maximum Gasteiger partial charge on any atom is 0.223 e. The molecule has 2 aliphatic rings. The number of rotatable bonds is 3. The Balaban J connectivity index is 1.59. The molecule has 1 aliphatic heterocycles. The van der Waals surface area contributed by atoms with E-state index in [4.69, 9.17) is 4.74 Å². The van der Waals surface area contributed by atoms with Crippen LogP contribution in [-0.4, -0.2) is 19.1 Å². The van der Waals surface area contributed by atoms with Gasteiger partial charge in [0.2, 0.25) is 5.91 Å². The second-order valence-electron chi connectivity index (χ2n) is 6.74. The van der Waals surface area contributed by atoms with E-state index < -0.39 is 0 Å². The van der Waals surface area contributed by atoms with Crippen molar-refractivity contribution in [1.29, 1.82) is 0 Å². The Morgan fingerprint density at radius 1 is 1.19 bits per heavy atom. The summed E-state index contributed by atoms with van der Waals surface area (Å²) in [6.45, 7) is 2.05. The summed E-state index contributed by atoms with van der Waals surface area (Å²) in [5.41, 5.74) is 1.40. The van der Waals surface area contributed by atoms with Gasteiger partial charge in [0.15, 0.2) is 0 Å². The first-order valence-corrected chi connectivity index (χ1v) is 8.09. The fourth-order valence-electron chi connectivity index (χ4n) is 3.98. The van der Waals surface area contributed by atoms with Crippen molar-refractivity contribution < 1.29 is 9.53 Å². The van der Waals surface area contributed by atoms with Crippen LogP contribution >= 0.6 is 0 Å². The molecule has 21 heavy (non-hydrogen) atoms. The predicted octanol–water partition coefficient (Wildman–Crippen LogP) is 3.18. The zero-order chi connectivity index (χ0) is 14.8. The minimum atomic E-state index is 0.186. The Kier molecular flexibility index (Phi) is 4.18. The highest BCUT2D eigenvalue weighted by Crippen LogP contribution is 2.37. The lowest BCUT2D eigenvalue weighted by molar-refractivity contribution is -0.129. The first kappa shape index (κ1) is 14.4. The van der Waals surface area contributed by atoms with Gasteiger partial charge >= 0.3 is 0 Å². The molecule has 0 radical (unpaired) electrons. The van der Waals surface area contributed by atoms with Gasteiger partial charge in [-0.15, -0.1) is 0 Å². The van der Waals surface area contributed by atoms with E-state index in [1.165, 1.54) is 18.4 Å². The summed E-state index contributed by atoms with van der Waals surface area (Å²) in [6, 6.07) is 8.88. The van der Waals surface area contributed by atoms with E-state index in [9.17, 15) is 4.79 Å². The van der Waals surface area contributed by atoms with E-state index >= 15 is 0 Å². The molecule has 3 heteroatoms. The molecule has 114 valence electrons. The third-order valence-corrected chi connectivity index (χ3v) is 5.21. The highest BCUT2D eigenvalue weighted by atomic mass is 16.5. The van der Waals surface area contributed by atoms with E-state index in [-0.39, 0.29) is 11.8 Å². The van der Waals surface area contributed by atoms with Crippen LogP contribution in [0.2, 0.25) is 0 Å². The first-order valence-electron chi connectivity index (χ1n) is 8.09. The number of nitrogens with one attached hydrogen (secondary N) is 1. The van der Waals surface area contributed by atoms with E-state index in [2.05, 4.69) is 24.4 Å². The molecule has 1 aliphatic carbocycles. The van der Waals surface area contributed by atoms with Gasteiger partial charge in [0, 0.05) is 12.0 Å². The lowest BCUT2D eigenvalue weighted by Gasteiger charge is -2.41. The minimum Gasteiger partial charge on any atom is -0.497 e. The number of amides is 1. The number of benzene rings is 1. The van der Waals surface area contributed by atoms with Crippen LogP contribution in [0.15, 0.2) is 24.3 Å². The zero-order valence-electron chi connectivity index (χ0n) is 13.0. The van der Waals surface area contributed by atoms with Gasteiger partial charge in [0.05, 0.1) is 7.11 Å². The van der Waals surface area contributed by atoms with E-state index in [0.29, 0.717) is 12.0 Å². The predicted molar refractivity (Wildman–Crippen MR) is 83.2 cm³/mol. The van der Waals surface area contributed by atoms with Gasteiger partial charge in [-0.2, -0.15) is 0 Å². The molecular formula is C18H25NO2. The number of piperidine rings is 1. The van der Waals surface area contributed by atoms with Crippen molar-refractivity contribution in [2.75, 3.05) is 7.11 Å². The Labute approximate surface area is 127 Å². The summed E-state index contributed by atoms with van der Waals surface area (Å²) in [5, 5.41) is 3.21. The second kappa shape index (κ2) is 6.08. The molecule has 4 unspecified atom stereocenters. The van der Waals surface area contributed by atoms with Crippen molar-refractivity contribution in [3.8, 4) is 5.75 Å². The lowest BCUT2D eigenvalue weighted by Crippen LogP contribution is -2.51. The van der Waals surface area contributed by atoms with Gasteiger partial charge in [-0.3, -0.25) is 4.79 Å². The Bertz CT molecular complexity index is 496. The fourth-order valence-corrected chi connectivity index (χ4v) is 3.98. The Hall–Kier alpha value is -1.51. The van der Waals surface area contributed by atoms with Gasteiger partial charge < -0.3 is 10.1 Å². The highest BCUT2D eigenvalue weighted by molar-refractivity contribution is 5.79. The Morgan fingerprint density at radius 2 is 1.95 bits per heavy atom. The van der Waals surface area contributed by atoms with Crippen molar-refractivity contribution in [3.63, 3.8) is 0 Å². The highest BCUT2D eigenvalue weighted by Gasteiger charge is 2.37. The molecular weight excluding hydrogens is 262 g/mol. The summed E-state index contributed by atoms with van der Waals surface area (Å²) in [4.78, 5) is 11.8. The second-order valence-corrected chi connectivity index (χ2v) is 6.74. The van der Waals surface area contributed by atoms with Crippen molar-refractivity contribution >= 4 is 5.91 Å². The average molecular weight is 287 g/mol. The molecule has 3 rings (SSSR count). The van der Waals surface area contributed by atoms with E-state index in [1.807, 2.05) is 12.1 Å². The van der Waals surface area contributed by atoms with Crippen LogP contribution in [0.3, 0.4) is 0 Å². The van der Waals surface area contributed by atoms with Crippen LogP contribution in [0.1, 0.15) is 38.2 Å². The van der Waals surface area contributed by atoms with Crippen LogP contribution in [0, 0.1) is 17.8 Å². The zero-order valence-corrected chi connectivity index (χ0v) is 13.0. The number of methoxy groups -OCH3 is 1. The standard InChI is InChI=1S/C18H25NO2/c1-12-9-15-11-14(5-8-17(15)19-18(12)20)10-13-3-6-16(21-2)7-4-13/h3-4,6-7,12,14-15,17H,5,8-11H2,1-2H3,(H,19,20). The average Bonchev–Trinajstić information content (AvgIpc) is 2.49. The SMILES string of the molecule is COc1ccc(CC2CCC3NC(=O)C(C)CC3C2)cc1. The van der Waals surface area contributed by atoms with Crippen LogP contribution in [0.4, 0.5) is 0 Å². The number of hydrogen-bond acceptors (Lipinski definition) is 2. The lowest BCUT2D eigenvalue weighted by atomic mass is 9.71. The maximum atomic E-state index is 11.8. The summed E-state index contributed by atoms with van der Waals surface area (Å²) >= 11 is 0. The monoisotopic (exact) mass is 287 g/mol. The fraction of sp³-hybridized carbons (Fsp3) is 0.611. The summed E-state index contributed by atoms with van der Waals surface area (Å²) < 4.78 is 5.21. The van der Waals surface area contributed by atoms with Crippen LogP contribution in [0.5, 0.6) is 5.75 Å². The molecule has 0 aromatic heterocycles. The van der Waals surface area contributed by atoms with Gasteiger partial charge in [0.25, 0.3) is 0 Å². The van der Waals surface area contributed by atoms with Crippen molar-refractivity contribution in [1.82, 2.24) is 5.32 Å². The largest absolute Gasteiger partial charge is 0.497 e. The number of carbonyl (C=O) groups is 1. The molecule has 1 N–H and O–H groups in total. The summed E-state index contributed by atoms with van der Waals surface area (Å²) in [7, 11) is 1.70. The number of hydrogen-bond donors (Lipinski definition) is 1. The molecule has 4 atom stereocenters. The van der Waals surface area contributed by atoms with E-state index in [0.717, 1.165) is 30.9 Å². The van der Waals surface area contributed by atoms with Crippen LogP contribution in [-0.2, 0) is 11.2 Å². The Morgan fingerprint density at radius 3 is 2.67 bits per heavy atom. The molecule has 1 aromatic rings. The number of fused-ring (bicyclic) bond motifs is 1. The molecule has 1 heterocycles.